The highest BCUT2D eigenvalue weighted by Crippen LogP contribution is 1.84. The first-order valence-electron chi connectivity index (χ1n) is 2.99. The quantitative estimate of drug-likeness (QED) is 0.334. The summed E-state index contributed by atoms with van der Waals surface area (Å²) in [5.41, 5.74) is 6.30. The van der Waals surface area contributed by atoms with E-state index in [-0.39, 0.29) is 0 Å². The molecule has 0 amide bonds. The van der Waals surface area contributed by atoms with Gasteiger partial charge in [0, 0.05) is 12.7 Å². The van der Waals surface area contributed by atoms with Crippen molar-refractivity contribution in [3.63, 3.8) is 0 Å². The fourth-order valence-corrected chi connectivity index (χ4v) is 0.476. The van der Waals surface area contributed by atoms with E-state index >= 15 is 0 Å². The molecule has 0 aromatic rings. The molecule has 3 heteroatoms. The zero-order chi connectivity index (χ0) is 7.98. The van der Waals surface area contributed by atoms with Crippen molar-refractivity contribution in [2.24, 2.45) is 10.7 Å². The molecule has 0 bridgehead atoms. The van der Waals surface area contributed by atoms with E-state index in [2.05, 4.69) is 16.9 Å². The maximum absolute atomic E-state index is 5.37. The summed E-state index contributed by atoms with van der Waals surface area (Å²) in [7, 11) is 1.63. The van der Waals surface area contributed by atoms with Crippen molar-refractivity contribution in [1.29, 1.82) is 0 Å². The standard InChI is InChI=1S/C7H13N3/c1-4-5-6(2)10-7(8)9-3/h4-5H,1H2,2-3H3,(H3,8,9,10)/b6-5-. The van der Waals surface area contributed by atoms with Crippen LogP contribution in [0, 0.1) is 0 Å². The topological polar surface area (TPSA) is 50.4 Å². The van der Waals surface area contributed by atoms with Crippen molar-refractivity contribution in [2.75, 3.05) is 7.05 Å². The van der Waals surface area contributed by atoms with Gasteiger partial charge in [-0.3, -0.25) is 4.99 Å². The third kappa shape index (κ3) is 3.72. The van der Waals surface area contributed by atoms with Crippen LogP contribution in [0.15, 0.2) is 29.4 Å². The molecule has 0 spiro atoms. The zero-order valence-electron chi connectivity index (χ0n) is 6.39. The van der Waals surface area contributed by atoms with Gasteiger partial charge in [-0.25, -0.2) is 0 Å². The Morgan fingerprint density at radius 1 is 1.70 bits per heavy atom. The Balaban J connectivity index is 3.90. The third-order valence-electron chi connectivity index (χ3n) is 0.934. The highest BCUT2D eigenvalue weighted by molar-refractivity contribution is 5.79. The lowest BCUT2D eigenvalue weighted by Crippen LogP contribution is -2.29. The number of hydrogen-bond donors (Lipinski definition) is 2. The van der Waals surface area contributed by atoms with Gasteiger partial charge >= 0.3 is 0 Å². The van der Waals surface area contributed by atoms with Crippen LogP contribution in [-0.4, -0.2) is 13.0 Å². The van der Waals surface area contributed by atoms with E-state index in [9.17, 15) is 0 Å². The number of nitrogens with two attached hydrogens (primary N) is 1. The normalized spacial score (nSPS) is 13.0. The molecule has 3 N–H and O–H groups in total. The largest absolute Gasteiger partial charge is 0.370 e. The summed E-state index contributed by atoms with van der Waals surface area (Å²) in [6.45, 7) is 5.43. The lowest BCUT2D eigenvalue weighted by molar-refractivity contribution is 1.08. The monoisotopic (exact) mass is 139 g/mol. The van der Waals surface area contributed by atoms with Crippen molar-refractivity contribution in [3.05, 3.63) is 24.4 Å². The number of nitrogens with one attached hydrogen (secondary N) is 1. The van der Waals surface area contributed by atoms with Gasteiger partial charge < -0.3 is 11.1 Å². The number of hydrogen-bond acceptors (Lipinski definition) is 1. The Kier molecular flexibility index (Phi) is 4.04. The molecule has 0 aliphatic heterocycles. The number of guanidine groups is 1. The predicted molar refractivity (Wildman–Crippen MR) is 44.6 cm³/mol. The molecule has 3 nitrogen and oxygen atoms in total. The average Bonchev–Trinajstić information content (AvgIpc) is 1.88. The van der Waals surface area contributed by atoms with E-state index < -0.39 is 0 Å². The molecule has 0 atom stereocenters. The molecule has 0 aliphatic carbocycles. The molecule has 0 fully saturated rings. The minimum absolute atomic E-state index is 0.413. The van der Waals surface area contributed by atoms with Gasteiger partial charge in [-0.1, -0.05) is 12.7 Å². The Bertz CT molecular complexity index is 168. The lowest BCUT2D eigenvalue weighted by Gasteiger charge is -2.01. The van der Waals surface area contributed by atoms with Crippen LogP contribution >= 0.6 is 0 Å². The molecular formula is C7H13N3. The second kappa shape index (κ2) is 4.61. The van der Waals surface area contributed by atoms with Crippen molar-refractivity contribution in [3.8, 4) is 0 Å². The summed E-state index contributed by atoms with van der Waals surface area (Å²) in [6.07, 6.45) is 3.50. The van der Waals surface area contributed by atoms with Crippen LogP contribution in [0.2, 0.25) is 0 Å². The Labute approximate surface area is 61.3 Å². The maximum Gasteiger partial charge on any atom is 0.192 e. The van der Waals surface area contributed by atoms with Crippen molar-refractivity contribution in [2.45, 2.75) is 6.92 Å². The Morgan fingerprint density at radius 3 is 2.70 bits per heavy atom. The van der Waals surface area contributed by atoms with E-state index in [1.165, 1.54) is 0 Å². The summed E-state index contributed by atoms with van der Waals surface area (Å²) >= 11 is 0. The van der Waals surface area contributed by atoms with Gasteiger partial charge in [0.15, 0.2) is 5.96 Å². The zero-order valence-corrected chi connectivity index (χ0v) is 6.39. The second-order valence-electron chi connectivity index (χ2n) is 1.82. The van der Waals surface area contributed by atoms with Gasteiger partial charge in [0.25, 0.3) is 0 Å². The number of nitrogens with zero attached hydrogens (tertiary/aromatic N) is 1. The average molecular weight is 139 g/mol. The van der Waals surface area contributed by atoms with Crippen LogP contribution in [0.4, 0.5) is 0 Å². The van der Waals surface area contributed by atoms with Crippen molar-refractivity contribution >= 4 is 5.96 Å². The highest BCUT2D eigenvalue weighted by atomic mass is 15.1. The van der Waals surface area contributed by atoms with Crippen LogP contribution < -0.4 is 11.1 Å². The fourth-order valence-electron chi connectivity index (χ4n) is 0.476. The van der Waals surface area contributed by atoms with E-state index in [0.717, 1.165) is 5.70 Å². The summed E-state index contributed by atoms with van der Waals surface area (Å²) in [4.78, 5) is 3.72. The molecule has 0 unspecified atom stereocenters. The van der Waals surface area contributed by atoms with E-state index in [1.54, 1.807) is 13.1 Å². The second-order valence-corrected chi connectivity index (χ2v) is 1.82. The number of aliphatic imine (C=N–C) groups is 1. The smallest absolute Gasteiger partial charge is 0.192 e. The van der Waals surface area contributed by atoms with Gasteiger partial charge in [-0.05, 0) is 13.0 Å². The van der Waals surface area contributed by atoms with E-state index in [1.807, 2.05) is 13.0 Å². The van der Waals surface area contributed by atoms with E-state index in [4.69, 9.17) is 5.73 Å². The van der Waals surface area contributed by atoms with Gasteiger partial charge in [-0.2, -0.15) is 0 Å². The van der Waals surface area contributed by atoms with Gasteiger partial charge in [0.1, 0.15) is 0 Å². The first-order chi connectivity index (χ1) is 4.70. The van der Waals surface area contributed by atoms with Crippen LogP contribution in [0.25, 0.3) is 0 Å². The molecule has 0 aliphatic rings. The van der Waals surface area contributed by atoms with Crippen LogP contribution in [-0.2, 0) is 0 Å². The molecule has 0 rings (SSSR count). The Hall–Kier alpha value is -1.25. The molecule has 0 aromatic carbocycles. The van der Waals surface area contributed by atoms with Crippen LogP contribution in [0.3, 0.4) is 0 Å². The summed E-state index contributed by atoms with van der Waals surface area (Å²) in [5, 5.41) is 2.85. The Morgan fingerprint density at radius 2 is 2.30 bits per heavy atom. The minimum Gasteiger partial charge on any atom is -0.370 e. The molecule has 0 saturated heterocycles. The number of rotatable bonds is 2. The van der Waals surface area contributed by atoms with Gasteiger partial charge in [-0.15, -0.1) is 0 Å². The molecule has 0 saturated carbocycles. The summed E-state index contributed by atoms with van der Waals surface area (Å²) in [6, 6.07) is 0. The van der Waals surface area contributed by atoms with Crippen LogP contribution in [0.5, 0.6) is 0 Å². The lowest BCUT2D eigenvalue weighted by atomic mass is 10.4. The van der Waals surface area contributed by atoms with E-state index in [0.29, 0.717) is 5.96 Å². The molecule has 10 heavy (non-hydrogen) atoms. The van der Waals surface area contributed by atoms with Crippen molar-refractivity contribution in [1.82, 2.24) is 5.32 Å². The highest BCUT2D eigenvalue weighted by Gasteiger charge is 1.86. The summed E-state index contributed by atoms with van der Waals surface area (Å²) in [5.74, 6) is 0.413. The van der Waals surface area contributed by atoms with Crippen molar-refractivity contribution < 1.29 is 0 Å². The maximum atomic E-state index is 5.37. The third-order valence-corrected chi connectivity index (χ3v) is 0.934. The SMILES string of the molecule is C=C/C=C(/C)NC(N)=NC. The molecular weight excluding hydrogens is 126 g/mol. The fraction of sp³-hybridized carbons (Fsp3) is 0.286. The first kappa shape index (κ1) is 8.75. The van der Waals surface area contributed by atoms with Crippen LogP contribution in [0.1, 0.15) is 6.92 Å². The summed E-state index contributed by atoms with van der Waals surface area (Å²) < 4.78 is 0. The molecule has 0 aromatic heterocycles. The molecule has 0 radical (unpaired) electrons. The van der Waals surface area contributed by atoms with Gasteiger partial charge in [0.2, 0.25) is 0 Å². The molecule has 0 heterocycles. The predicted octanol–water partition coefficient (Wildman–Crippen LogP) is 0.610. The first-order valence-corrected chi connectivity index (χ1v) is 2.99. The minimum atomic E-state index is 0.413. The molecule has 56 valence electrons. The van der Waals surface area contributed by atoms with Gasteiger partial charge in [0.05, 0.1) is 0 Å². The number of allylic oxidation sites excluding steroid dienone is 3.